The number of nitrogens with zero attached hydrogens (tertiary/aromatic N) is 5. The van der Waals surface area contributed by atoms with Crippen molar-refractivity contribution in [2.45, 2.75) is 25.7 Å². The number of anilines is 2. The number of carbonyl (C=O) groups excluding carboxylic acids is 2. The number of carbonyl (C=O) groups is 2. The molecule has 4 rings (SSSR count). The zero-order chi connectivity index (χ0) is 21.3. The number of aromatic nitrogens is 3. The van der Waals surface area contributed by atoms with Gasteiger partial charge in [-0.15, -0.1) is 11.3 Å². The molecule has 0 spiro atoms. The summed E-state index contributed by atoms with van der Waals surface area (Å²) >= 11 is 1.57. The maximum absolute atomic E-state index is 12.5. The first-order valence-corrected chi connectivity index (χ1v) is 10.4. The fourth-order valence-electron chi connectivity index (χ4n) is 3.35. The lowest BCUT2D eigenvalue weighted by Gasteiger charge is -2.36. The molecule has 1 atom stereocenters. The van der Waals surface area contributed by atoms with Gasteiger partial charge in [-0.2, -0.15) is 0 Å². The first-order chi connectivity index (χ1) is 14.5. The SMILES string of the molecule is CN1C(=O)c2c(ncn2CCCC(=O)Nc2ccc(-c3nccs3)cc2)N(C)C1O. The topological polar surface area (TPSA) is 104 Å². The van der Waals surface area contributed by atoms with Gasteiger partial charge in [-0.25, -0.2) is 9.97 Å². The molecule has 2 N–H and O–H groups in total. The quantitative estimate of drug-likeness (QED) is 0.627. The van der Waals surface area contributed by atoms with Crippen LogP contribution >= 0.6 is 11.3 Å². The molecular weight excluding hydrogens is 404 g/mol. The second-order valence-corrected chi connectivity index (χ2v) is 7.94. The number of aliphatic hydroxyl groups is 1. The minimum atomic E-state index is -1.04. The highest BCUT2D eigenvalue weighted by Gasteiger charge is 2.36. The molecule has 2 aromatic heterocycles. The summed E-state index contributed by atoms with van der Waals surface area (Å²) < 4.78 is 1.73. The average molecular weight is 427 g/mol. The molecule has 3 heterocycles. The van der Waals surface area contributed by atoms with Gasteiger partial charge in [-0.3, -0.25) is 14.5 Å². The fourth-order valence-corrected chi connectivity index (χ4v) is 4.00. The fraction of sp³-hybridized carbons (Fsp3) is 0.300. The van der Waals surface area contributed by atoms with Gasteiger partial charge in [0.1, 0.15) is 5.01 Å². The lowest BCUT2D eigenvalue weighted by Crippen LogP contribution is -2.52. The van der Waals surface area contributed by atoms with Crippen molar-refractivity contribution in [1.82, 2.24) is 19.4 Å². The van der Waals surface area contributed by atoms with Gasteiger partial charge in [0.2, 0.25) is 12.3 Å². The molecule has 0 aliphatic carbocycles. The van der Waals surface area contributed by atoms with Crippen LogP contribution in [0.4, 0.5) is 11.5 Å². The zero-order valence-corrected chi connectivity index (χ0v) is 17.5. The van der Waals surface area contributed by atoms with Gasteiger partial charge in [-0.1, -0.05) is 0 Å². The Bertz CT molecular complexity index is 1050. The van der Waals surface area contributed by atoms with Crippen LogP contribution in [0.5, 0.6) is 0 Å². The number of rotatable bonds is 6. The monoisotopic (exact) mass is 426 g/mol. The Labute approximate surface area is 177 Å². The third kappa shape index (κ3) is 3.79. The van der Waals surface area contributed by atoms with E-state index in [1.54, 1.807) is 35.5 Å². The van der Waals surface area contributed by atoms with Crippen LogP contribution in [0.1, 0.15) is 23.3 Å². The summed E-state index contributed by atoms with van der Waals surface area (Å²) in [4.78, 5) is 36.1. The van der Waals surface area contributed by atoms with Crippen LogP contribution in [0.3, 0.4) is 0 Å². The second kappa shape index (κ2) is 8.25. The number of imidazole rings is 1. The minimum absolute atomic E-state index is 0.0954. The Morgan fingerprint density at radius 2 is 1.97 bits per heavy atom. The Morgan fingerprint density at radius 3 is 2.67 bits per heavy atom. The van der Waals surface area contributed by atoms with Gasteiger partial charge in [0.05, 0.1) is 6.33 Å². The normalized spacial score (nSPS) is 16.0. The summed E-state index contributed by atoms with van der Waals surface area (Å²) in [6, 6.07) is 7.57. The molecule has 156 valence electrons. The largest absolute Gasteiger partial charge is 0.356 e. The van der Waals surface area contributed by atoms with Crippen molar-refractivity contribution >= 4 is 34.7 Å². The number of hydrogen-bond donors (Lipinski definition) is 2. The Balaban J connectivity index is 1.33. The molecular formula is C20H22N6O3S. The molecule has 1 aliphatic rings. The first-order valence-electron chi connectivity index (χ1n) is 9.48. The van der Waals surface area contributed by atoms with E-state index in [4.69, 9.17) is 0 Å². The first kappa shape index (κ1) is 20.0. The molecule has 0 bridgehead atoms. The van der Waals surface area contributed by atoms with Crippen molar-refractivity contribution in [2.24, 2.45) is 0 Å². The van der Waals surface area contributed by atoms with Crippen LogP contribution in [0.15, 0.2) is 42.2 Å². The third-order valence-corrected chi connectivity index (χ3v) is 5.84. The van der Waals surface area contributed by atoms with Crippen molar-refractivity contribution in [3.8, 4) is 10.6 Å². The van der Waals surface area contributed by atoms with Crippen LogP contribution < -0.4 is 10.2 Å². The van der Waals surface area contributed by atoms with Gasteiger partial charge in [-0.05, 0) is 30.7 Å². The van der Waals surface area contributed by atoms with Crippen LogP contribution in [0.2, 0.25) is 0 Å². The molecule has 0 saturated heterocycles. The van der Waals surface area contributed by atoms with Gasteiger partial charge in [0.15, 0.2) is 11.5 Å². The molecule has 1 aromatic carbocycles. The maximum Gasteiger partial charge on any atom is 0.277 e. The number of aryl methyl sites for hydroxylation is 1. The predicted molar refractivity (Wildman–Crippen MR) is 114 cm³/mol. The minimum Gasteiger partial charge on any atom is -0.356 e. The Kier molecular flexibility index (Phi) is 5.51. The van der Waals surface area contributed by atoms with E-state index in [0.717, 1.165) is 16.3 Å². The molecule has 9 nitrogen and oxygen atoms in total. The number of benzene rings is 1. The Hall–Kier alpha value is -3.24. The van der Waals surface area contributed by atoms with Crippen molar-refractivity contribution in [2.75, 3.05) is 24.3 Å². The molecule has 0 fully saturated rings. The standard InChI is InChI=1S/C20H22N6O3S/c1-24-17-16(19(28)25(2)20(24)29)26(12-22-17)10-3-4-15(27)23-14-7-5-13(6-8-14)18-21-9-11-30-18/h5-9,11-12,20,29H,3-4,10H2,1-2H3,(H,23,27). The van der Waals surface area contributed by atoms with E-state index >= 15 is 0 Å². The zero-order valence-electron chi connectivity index (χ0n) is 16.6. The molecule has 2 amide bonds. The number of fused-ring (bicyclic) bond motifs is 1. The average Bonchev–Trinajstić information content (AvgIpc) is 3.42. The molecule has 3 aromatic rings. The highest BCUT2D eigenvalue weighted by Crippen LogP contribution is 2.27. The van der Waals surface area contributed by atoms with E-state index in [2.05, 4.69) is 15.3 Å². The van der Waals surface area contributed by atoms with Crippen LogP contribution in [-0.4, -0.2) is 56.8 Å². The number of amides is 2. The van der Waals surface area contributed by atoms with E-state index in [0.29, 0.717) is 30.9 Å². The van der Waals surface area contributed by atoms with Gasteiger partial charge in [0.25, 0.3) is 5.91 Å². The summed E-state index contributed by atoms with van der Waals surface area (Å²) in [5.41, 5.74) is 2.16. The van der Waals surface area contributed by atoms with Crippen molar-refractivity contribution < 1.29 is 14.7 Å². The number of thiazole rings is 1. The van der Waals surface area contributed by atoms with E-state index in [1.807, 2.05) is 29.6 Å². The van der Waals surface area contributed by atoms with Gasteiger partial charge >= 0.3 is 0 Å². The number of hydrogen-bond acceptors (Lipinski definition) is 7. The van der Waals surface area contributed by atoms with Crippen LogP contribution in [0.25, 0.3) is 10.6 Å². The van der Waals surface area contributed by atoms with Crippen molar-refractivity contribution in [3.63, 3.8) is 0 Å². The maximum atomic E-state index is 12.5. The summed E-state index contributed by atoms with van der Waals surface area (Å²) in [5.74, 6) is 0.0511. The molecule has 0 radical (unpaired) electrons. The van der Waals surface area contributed by atoms with Crippen molar-refractivity contribution in [3.05, 3.63) is 47.9 Å². The lowest BCUT2D eigenvalue weighted by atomic mass is 10.2. The summed E-state index contributed by atoms with van der Waals surface area (Å²) in [6.45, 7) is 0.474. The smallest absolute Gasteiger partial charge is 0.277 e. The molecule has 30 heavy (non-hydrogen) atoms. The molecule has 10 heteroatoms. The highest BCUT2D eigenvalue weighted by molar-refractivity contribution is 7.13. The van der Waals surface area contributed by atoms with Gasteiger partial charge < -0.3 is 19.9 Å². The van der Waals surface area contributed by atoms with E-state index in [1.165, 1.54) is 16.8 Å². The number of nitrogens with one attached hydrogen (secondary N) is 1. The second-order valence-electron chi connectivity index (χ2n) is 7.05. The van der Waals surface area contributed by atoms with Gasteiger partial charge in [0, 0.05) is 49.9 Å². The van der Waals surface area contributed by atoms with E-state index in [-0.39, 0.29) is 11.8 Å². The third-order valence-electron chi connectivity index (χ3n) is 5.02. The predicted octanol–water partition coefficient (Wildman–Crippen LogP) is 2.22. The molecule has 1 aliphatic heterocycles. The van der Waals surface area contributed by atoms with Crippen molar-refractivity contribution in [1.29, 1.82) is 0 Å². The molecule has 1 unspecified atom stereocenters. The van der Waals surface area contributed by atoms with E-state index in [9.17, 15) is 14.7 Å². The van der Waals surface area contributed by atoms with Crippen LogP contribution in [0, 0.1) is 0 Å². The summed E-state index contributed by atoms with van der Waals surface area (Å²) in [5, 5.41) is 15.8. The summed E-state index contributed by atoms with van der Waals surface area (Å²) in [6.07, 6.45) is 3.15. The summed E-state index contributed by atoms with van der Waals surface area (Å²) in [7, 11) is 3.22. The lowest BCUT2D eigenvalue weighted by molar-refractivity contribution is -0.116. The van der Waals surface area contributed by atoms with Crippen LogP contribution in [-0.2, 0) is 11.3 Å². The van der Waals surface area contributed by atoms with E-state index < -0.39 is 6.35 Å². The highest BCUT2D eigenvalue weighted by atomic mass is 32.1. The Morgan fingerprint density at radius 1 is 1.20 bits per heavy atom. The number of aliphatic hydroxyl groups excluding tert-OH is 1. The molecule has 0 saturated carbocycles.